The first-order valence-electron chi connectivity index (χ1n) is 9.26. The Morgan fingerprint density at radius 1 is 1.06 bits per heavy atom. The Hall–Kier alpha value is -4.04. The maximum atomic E-state index is 13.0. The number of aromatic carboxylic acids is 1. The van der Waals surface area contributed by atoms with E-state index in [4.69, 9.17) is 16.6 Å². The van der Waals surface area contributed by atoms with Crippen LogP contribution in [0.5, 0.6) is 0 Å². The van der Waals surface area contributed by atoms with E-state index in [2.05, 4.69) is 5.32 Å². The highest BCUT2D eigenvalue weighted by Gasteiger charge is 2.34. The molecule has 3 aromatic rings. The van der Waals surface area contributed by atoms with Crippen LogP contribution in [0, 0.1) is 6.92 Å². The average molecular weight is 432 g/mol. The summed E-state index contributed by atoms with van der Waals surface area (Å²) in [6.45, 7) is 1.92. The van der Waals surface area contributed by atoms with Crippen LogP contribution in [0.1, 0.15) is 21.7 Å². The molecule has 0 saturated carbocycles. The van der Waals surface area contributed by atoms with Gasteiger partial charge in [-0.2, -0.15) is 0 Å². The summed E-state index contributed by atoms with van der Waals surface area (Å²) in [5.74, 6) is -1.77. The van der Waals surface area contributed by atoms with Gasteiger partial charge >= 0.3 is 5.97 Å². The quantitative estimate of drug-likeness (QED) is 0.370. The van der Waals surface area contributed by atoms with Crippen molar-refractivity contribution in [2.45, 2.75) is 6.92 Å². The van der Waals surface area contributed by atoms with Crippen LogP contribution in [0.4, 0.5) is 5.69 Å². The second-order valence-corrected chi connectivity index (χ2v) is 7.23. The summed E-state index contributed by atoms with van der Waals surface area (Å²) >= 11 is 5.19. The summed E-state index contributed by atoms with van der Waals surface area (Å²) in [7, 11) is 0. The maximum Gasteiger partial charge on any atom is 0.336 e. The van der Waals surface area contributed by atoms with Crippen molar-refractivity contribution in [3.63, 3.8) is 0 Å². The number of benzene rings is 2. The highest BCUT2D eigenvalue weighted by molar-refractivity contribution is 7.80. The van der Waals surface area contributed by atoms with E-state index >= 15 is 0 Å². The molecule has 0 unspecified atom stereocenters. The largest absolute Gasteiger partial charge is 0.478 e. The van der Waals surface area contributed by atoms with E-state index in [1.54, 1.807) is 42.5 Å². The maximum absolute atomic E-state index is 13.0. The Kier molecular flexibility index (Phi) is 5.22. The molecular weight excluding hydrogens is 416 g/mol. The number of hydrogen-bond donors (Lipinski definition) is 2. The van der Waals surface area contributed by atoms with Crippen molar-refractivity contribution in [3.8, 4) is 11.3 Å². The van der Waals surface area contributed by atoms with Gasteiger partial charge < -0.3 is 9.52 Å². The molecule has 2 N–H and O–H groups in total. The van der Waals surface area contributed by atoms with E-state index in [9.17, 15) is 19.5 Å². The number of amides is 2. The summed E-state index contributed by atoms with van der Waals surface area (Å²) in [5, 5.41) is 11.9. The van der Waals surface area contributed by atoms with E-state index in [1.807, 2.05) is 19.1 Å². The monoisotopic (exact) mass is 432 g/mol. The zero-order chi connectivity index (χ0) is 22.1. The van der Waals surface area contributed by atoms with Gasteiger partial charge in [0.1, 0.15) is 17.1 Å². The standard InChI is InChI=1S/C23H16N2O5S/c1-13-6-8-14(9-7-13)25-21(27)18(20(26)24-23(25)31)12-15-10-11-19(30-15)16-4-2-3-5-17(16)22(28)29/h2-12H,1H3,(H,28,29)(H,24,26,31). The van der Waals surface area contributed by atoms with Gasteiger partial charge in [0, 0.05) is 5.56 Å². The molecule has 0 bridgehead atoms. The molecule has 0 radical (unpaired) electrons. The molecule has 7 nitrogen and oxygen atoms in total. The van der Waals surface area contributed by atoms with Gasteiger partial charge in [-0.15, -0.1) is 0 Å². The fraction of sp³-hybridized carbons (Fsp3) is 0.0435. The molecule has 0 atom stereocenters. The van der Waals surface area contributed by atoms with Crippen LogP contribution in [0.3, 0.4) is 0 Å². The third-order valence-corrected chi connectivity index (χ3v) is 5.01. The number of carbonyl (C=O) groups excluding carboxylic acids is 2. The average Bonchev–Trinajstić information content (AvgIpc) is 3.21. The number of nitrogens with one attached hydrogen (secondary N) is 1. The molecule has 0 aliphatic carbocycles. The molecule has 2 heterocycles. The van der Waals surface area contributed by atoms with Crippen LogP contribution < -0.4 is 10.2 Å². The summed E-state index contributed by atoms with van der Waals surface area (Å²) in [6, 6.07) is 16.7. The summed E-state index contributed by atoms with van der Waals surface area (Å²) in [4.78, 5) is 38.2. The van der Waals surface area contributed by atoms with Crippen molar-refractivity contribution in [1.29, 1.82) is 0 Å². The third-order valence-electron chi connectivity index (χ3n) is 4.73. The zero-order valence-corrected chi connectivity index (χ0v) is 17.1. The number of rotatable bonds is 4. The molecule has 4 rings (SSSR count). The number of anilines is 1. The molecule has 2 amide bonds. The molecule has 154 valence electrons. The van der Waals surface area contributed by atoms with Crippen molar-refractivity contribution in [3.05, 3.63) is 83.1 Å². The van der Waals surface area contributed by atoms with E-state index in [0.717, 1.165) is 5.56 Å². The van der Waals surface area contributed by atoms with Crippen LogP contribution in [0.25, 0.3) is 17.4 Å². The molecule has 8 heteroatoms. The zero-order valence-electron chi connectivity index (χ0n) is 16.3. The van der Waals surface area contributed by atoms with Crippen LogP contribution in [0.2, 0.25) is 0 Å². The molecule has 2 aromatic carbocycles. The normalized spacial score (nSPS) is 15.3. The number of carboxylic acids is 1. The van der Waals surface area contributed by atoms with Crippen LogP contribution in [0.15, 0.2) is 70.7 Å². The fourth-order valence-electron chi connectivity index (χ4n) is 3.19. The van der Waals surface area contributed by atoms with Crippen molar-refractivity contribution >= 4 is 46.9 Å². The number of furan rings is 1. The number of carboxylic acid groups (broad SMARTS) is 1. The molecule has 1 aliphatic heterocycles. The lowest BCUT2D eigenvalue weighted by Gasteiger charge is -2.28. The molecule has 1 aliphatic rings. The van der Waals surface area contributed by atoms with Gasteiger partial charge in [-0.1, -0.05) is 35.9 Å². The first kappa shape index (κ1) is 20.2. The number of aryl methyl sites for hydroxylation is 1. The molecule has 31 heavy (non-hydrogen) atoms. The number of carbonyl (C=O) groups is 3. The molecular formula is C23H16N2O5S. The minimum absolute atomic E-state index is 0.00785. The van der Waals surface area contributed by atoms with E-state index in [0.29, 0.717) is 17.0 Å². The van der Waals surface area contributed by atoms with Gasteiger partial charge in [-0.3, -0.25) is 19.8 Å². The van der Waals surface area contributed by atoms with Gasteiger partial charge in [0.2, 0.25) is 0 Å². The lowest BCUT2D eigenvalue weighted by molar-refractivity contribution is -0.122. The summed E-state index contributed by atoms with van der Waals surface area (Å²) in [6.07, 6.45) is 1.31. The smallest absolute Gasteiger partial charge is 0.336 e. The number of hydrogen-bond acceptors (Lipinski definition) is 5. The molecule has 1 aromatic heterocycles. The Labute approximate surface area is 182 Å². The molecule has 1 saturated heterocycles. The minimum atomic E-state index is -1.09. The summed E-state index contributed by atoms with van der Waals surface area (Å²) < 4.78 is 5.72. The molecule has 0 spiro atoms. The van der Waals surface area contributed by atoms with E-state index in [-0.39, 0.29) is 22.0 Å². The Bertz CT molecular complexity index is 1260. The fourth-order valence-corrected chi connectivity index (χ4v) is 3.47. The van der Waals surface area contributed by atoms with Crippen molar-refractivity contribution in [2.24, 2.45) is 0 Å². The van der Waals surface area contributed by atoms with Crippen molar-refractivity contribution in [2.75, 3.05) is 4.90 Å². The molecule has 1 fully saturated rings. The highest BCUT2D eigenvalue weighted by Crippen LogP contribution is 2.28. The SMILES string of the molecule is Cc1ccc(N2C(=O)C(=Cc3ccc(-c4ccccc4C(=O)O)o3)C(=O)NC2=S)cc1. The highest BCUT2D eigenvalue weighted by atomic mass is 32.1. The lowest BCUT2D eigenvalue weighted by Crippen LogP contribution is -2.54. The first-order valence-corrected chi connectivity index (χ1v) is 9.66. The Morgan fingerprint density at radius 2 is 1.77 bits per heavy atom. The van der Waals surface area contributed by atoms with Crippen molar-refractivity contribution < 1.29 is 23.9 Å². The van der Waals surface area contributed by atoms with Gasteiger partial charge in [-0.25, -0.2) is 4.79 Å². The van der Waals surface area contributed by atoms with Gasteiger partial charge in [0.05, 0.1) is 11.3 Å². The number of thiocarbonyl (C=S) groups is 1. The van der Waals surface area contributed by atoms with Crippen molar-refractivity contribution in [1.82, 2.24) is 5.32 Å². The first-order chi connectivity index (χ1) is 14.8. The minimum Gasteiger partial charge on any atom is -0.478 e. The van der Waals surface area contributed by atoms with Crippen LogP contribution >= 0.6 is 12.2 Å². The second-order valence-electron chi connectivity index (χ2n) is 6.85. The van der Waals surface area contributed by atoms with E-state index < -0.39 is 17.8 Å². The van der Waals surface area contributed by atoms with Crippen LogP contribution in [-0.2, 0) is 9.59 Å². The lowest BCUT2D eigenvalue weighted by atomic mass is 10.1. The van der Waals surface area contributed by atoms with Gasteiger partial charge in [0.25, 0.3) is 11.8 Å². The summed E-state index contributed by atoms with van der Waals surface area (Å²) in [5.41, 5.74) is 1.87. The van der Waals surface area contributed by atoms with Crippen LogP contribution in [-0.4, -0.2) is 28.0 Å². The predicted molar refractivity (Wildman–Crippen MR) is 118 cm³/mol. The number of nitrogens with zero attached hydrogens (tertiary/aromatic N) is 1. The van der Waals surface area contributed by atoms with E-state index in [1.165, 1.54) is 17.0 Å². The van der Waals surface area contributed by atoms with Gasteiger partial charge in [0.15, 0.2) is 5.11 Å². The predicted octanol–water partition coefficient (Wildman–Crippen LogP) is 3.78. The van der Waals surface area contributed by atoms with Gasteiger partial charge in [-0.05, 0) is 55.5 Å². The Balaban J connectivity index is 1.69. The topological polar surface area (TPSA) is 99.8 Å². The second kappa shape index (κ2) is 8.00. The Morgan fingerprint density at radius 3 is 2.48 bits per heavy atom. The third kappa shape index (κ3) is 3.88.